The summed E-state index contributed by atoms with van der Waals surface area (Å²) in [6.45, 7) is -1.44. The number of sulfone groups is 1. The minimum Gasteiger partial charge on any atom is -0.382 e. The summed E-state index contributed by atoms with van der Waals surface area (Å²) in [4.78, 5) is 34.1. The van der Waals surface area contributed by atoms with Crippen molar-refractivity contribution >= 4 is 33.2 Å². The number of pyridine rings is 1. The van der Waals surface area contributed by atoms with Crippen LogP contribution in [0.3, 0.4) is 0 Å². The number of alkyl halides is 3. The Balaban J connectivity index is 1.41. The van der Waals surface area contributed by atoms with E-state index in [0.29, 0.717) is 15.3 Å². The summed E-state index contributed by atoms with van der Waals surface area (Å²) in [5.74, 6) is -1.55. The Morgan fingerprint density at radius 1 is 1.17 bits per heavy atom. The van der Waals surface area contributed by atoms with Crippen LogP contribution in [0.25, 0.3) is 17.1 Å². The molecule has 0 radical (unpaired) electrons. The molecule has 222 valence electrons. The van der Waals surface area contributed by atoms with E-state index in [1.807, 2.05) is 0 Å². The molecule has 0 bridgehead atoms. The lowest BCUT2D eigenvalue weighted by Crippen LogP contribution is -2.37. The molecule has 1 aromatic carbocycles. The Kier molecular flexibility index (Phi) is 7.91. The fraction of sp³-hybridized carbons (Fsp3) is 0.333. The van der Waals surface area contributed by atoms with E-state index in [9.17, 15) is 36.3 Å². The van der Waals surface area contributed by atoms with Gasteiger partial charge in [0.05, 0.1) is 24.0 Å². The predicted molar refractivity (Wildman–Crippen MR) is 143 cm³/mol. The molecule has 1 fully saturated rings. The van der Waals surface area contributed by atoms with Crippen LogP contribution in [-0.2, 0) is 27.7 Å². The van der Waals surface area contributed by atoms with Gasteiger partial charge in [-0.05, 0) is 42.8 Å². The van der Waals surface area contributed by atoms with Crippen LogP contribution in [-0.4, -0.2) is 77.3 Å². The maximum absolute atomic E-state index is 13.1. The summed E-state index contributed by atoms with van der Waals surface area (Å²) in [6, 6.07) is 9.04. The molecule has 0 saturated carbocycles. The molecule has 0 aliphatic carbocycles. The molecule has 1 aliphatic heterocycles. The van der Waals surface area contributed by atoms with E-state index in [1.54, 1.807) is 12.1 Å². The summed E-state index contributed by atoms with van der Waals surface area (Å²) < 4.78 is 65.7. The molecule has 5 rings (SSSR count). The molecule has 2 atom stereocenters. The normalized spacial score (nSPS) is 17.3. The summed E-state index contributed by atoms with van der Waals surface area (Å²) in [5.41, 5.74) is -0.368. The van der Waals surface area contributed by atoms with Crippen molar-refractivity contribution < 1.29 is 31.5 Å². The standard InChI is InChI=1S/C24H22ClF3N8O5S/c25-16-5-3-14(4-6-16)21-33-35(23(39)34(21)10-18(37)24(26,27)28)11-19-30-13-36(32-19)17-2-1-8-29-20(17)31-22(38)15-7-9-42(40,41)12-15/h1-6,8,13,15,18,37H,7,9-12H2,(H,29,31,38)/t15?,18-/m0/s1. The quantitative estimate of drug-likeness (QED) is 0.296. The van der Waals surface area contributed by atoms with E-state index in [0.717, 1.165) is 4.68 Å². The molecule has 4 aromatic rings. The first-order valence-corrected chi connectivity index (χ1v) is 14.6. The lowest BCUT2D eigenvalue weighted by atomic mass is 10.1. The molecular weight excluding hydrogens is 605 g/mol. The summed E-state index contributed by atoms with van der Waals surface area (Å²) in [6.07, 6.45) is -4.90. The number of carbonyl (C=O) groups excluding carboxylic acids is 1. The molecule has 1 saturated heterocycles. The SMILES string of the molecule is O=C(Nc1ncccc1-n1cnc(Cn2nc(-c3ccc(Cl)cc3)n(C[C@H](O)C(F)(F)F)c2=O)n1)C1CCS(=O)(=O)C1. The summed E-state index contributed by atoms with van der Waals surface area (Å²) >= 11 is 5.91. The fourth-order valence-corrected chi connectivity index (χ4v) is 6.18. The van der Waals surface area contributed by atoms with Crippen molar-refractivity contribution in [1.82, 2.24) is 34.1 Å². The number of halogens is 4. The number of hydrogen-bond acceptors (Lipinski definition) is 9. The van der Waals surface area contributed by atoms with Crippen molar-refractivity contribution in [2.24, 2.45) is 5.92 Å². The number of aliphatic hydroxyl groups excluding tert-OH is 1. The van der Waals surface area contributed by atoms with Gasteiger partial charge in [-0.25, -0.2) is 32.5 Å². The van der Waals surface area contributed by atoms with Gasteiger partial charge in [0, 0.05) is 16.8 Å². The average molecular weight is 627 g/mol. The third-order valence-corrected chi connectivity index (χ3v) is 8.49. The Morgan fingerprint density at radius 3 is 2.57 bits per heavy atom. The highest BCUT2D eigenvalue weighted by atomic mass is 35.5. The highest BCUT2D eigenvalue weighted by Gasteiger charge is 2.39. The third kappa shape index (κ3) is 6.37. The van der Waals surface area contributed by atoms with Crippen molar-refractivity contribution in [2.75, 3.05) is 16.8 Å². The number of benzene rings is 1. The Labute approximate surface area is 240 Å². The molecular formula is C24H22ClF3N8O5S. The Hall–Kier alpha value is -4.09. The fourth-order valence-electron chi connectivity index (χ4n) is 4.32. The van der Waals surface area contributed by atoms with Crippen LogP contribution >= 0.6 is 11.6 Å². The smallest absolute Gasteiger partial charge is 0.382 e. The summed E-state index contributed by atoms with van der Waals surface area (Å²) in [5, 5.41) is 21.1. The van der Waals surface area contributed by atoms with Gasteiger partial charge in [-0.1, -0.05) is 11.6 Å². The van der Waals surface area contributed by atoms with Crippen LogP contribution in [0.4, 0.5) is 19.0 Å². The van der Waals surface area contributed by atoms with Crippen molar-refractivity contribution in [3.05, 3.63) is 70.3 Å². The number of rotatable bonds is 8. The van der Waals surface area contributed by atoms with Gasteiger partial charge in [-0.15, -0.1) is 10.2 Å². The molecule has 3 aromatic heterocycles. The number of anilines is 1. The van der Waals surface area contributed by atoms with Gasteiger partial charge in [-0.2, -0.15) is 13.2 Å². The summed E-state index contributed by atoms with van der Waals surface area (Å²) in [7, 11) is -3.28. The van der Waals surface area contributed by atoms with Crippen molar-refractivity contribution in [1.29, 1.82) is 0 Å². The van der Waals surface area contributed by atoms with E-state index in [1.165, 1.54) is 41.5 Å². The van der Waals surface area contributed by atoms with E-state index in [2.05, 4.69) is 25.5 Å². The molecule has 13 nitrogen and oxygen atoms in total. The van der Waals surface area contributed by atoms with Gasteiger partial charge in [-0.3, -0.25) is 9.36 Å². The zero-order valence-corrected chi connectivity index (χ0v) is 23.0. The van der Waals surface area contributed by atoms with E-state index >= 15 is 0 Å². The average Bonchev–Trinajstić information content (AvgIpc) is 3.63. The van der Waals surface area contributed by atoms with Crippen LogP contribution in [0, 0.1) is 5.92 Å². The largest absolute Gasteiger partial charge is 0.416 e. The van der Waals surface area contributed by atoms with E-state index in [4.69, 9.17) is 11.6 Å². The van der Waals surface area contributed by atoms with Crippen molar-refractivity contribution in [2.45, 2.75) is 31.8 Å². The second-order valence-electron chi connectivity index (χ2n) is 9.50. The molecule has 18 heteroatoms. The molecule has 1 unspecified atom stereocenters. The minimum absolute atomic E-state index is 0.0452. The Morgan fingerprint density at radius 2 is 1.90 bits per heavy atom. The lowest BCUT2D eigenvalue weighted by molar-refractivity contribution is -0.207. The highest BCUT2D eigenvalue weighted by molar-refractivity contribution is 7.91. The van der Waals surface area contributed by atoms with Crippen LogP contribution in [0.2, 0.25) is 5.02 Å². The number of nitrogens with one attached hydrogen (secondary N) is 1. The number of hydrogen-bond donors (Lipinski definition) is 2. The predicted octanol–water partition coefficient (Wildman–Crippen LogP) is 1.69. The van der Waals surface area contributed by atoms with E-state index in [-0.39, 0.29) is 47.5 Å². The van der Waals surface area contributed by atoms with Crippen LogP contribution in [0.5, 0.6) is 0 Å². The number of aliphatic hydroxyl groups is 1. The van der Waals surface area contributed by atoms with Gasteiger partial charge in [0.25, 0.3) is 0 Å². The molecule has 1 aliphatic rings. The lowest BCUT2D eigenvalue weighted by Gasteiger charge is -2.15. The van der Waals surface area contributed by atoms with Crippen LogP contribution in [0.1, 0.15) is 12.2 Å². The topological polar surface area (TPSA) is 167 Å². The van der Waals surface area contributed by atoms with Gasteiger partial charge in [0.1, 0.15) is 18.6 Å². The molecule has 1 amide bonds. The van der Waals surface area contributed by atoms with Gasteiger partial charge in [0.15, 0.2) is 33.4 Å². The van der Waals surface area contributed by atoms with Crippen LogP contribution in [0.15, 0.2) is 53.7 Å². The van der Waals surface area contributed by atoms with Crippen LogP contribution < -0.4 is 11.0 Å². The number of nitrogens with zero attached hydrogens (tertiary/aromatic N) is 7. The maximum atomic E-state index is 13.1. The van der Waals surface area contributed by atoms with Gasteiger partial charge < -0.3 is 10.4 Å². The van der Waals surface area contributed by atoms with Gasteiger partial charge in [0.2, 0.25) is 5.91 Å². The molecule has 2 N–H and O–H groups in total. The first-order chi connectivity index (χ1) is 19.8. The third-order valence-electron chi connectivity index (χ3n) is 6.47. The number of carbonyl (C=O) groups is 1. The second kappa shape index (κ2) is 11.3. The highest BCUT2D eigenvalue weighted by Crippen LogP contribution is 2.25. The molecule has 42 heavy (non-hydrogen) atoms. The zero-order chi connectivity index (χ0) is 30.2. The first-order valence-electron chi connectivity index (χ1n) is 12.4. The zero-order valence-electron chi connectivity index (χ0n) is 21.4. The minimum atomic E-state index is -4.97. The first kappa shape index (κ1) is 29.4. The second-order valence-corrected chi connectivity index (χ2v) is 12.2. The Bertz CT molecular complexity index is 1790. The van der Waals surface area contributed by atoms with Crippen molar-refractivity contribution in [3.8, 4) is 17.1 Å². The number of amides is 1. The van der Waals surface area contributed by atoms with Crippen molar-refractivity contribution in [3.63, 3.8) is 0 Å². The van der Waals surface area contributed by atoms with E-state index < -0.39 is 46.2 Å². The molecule has 0 spiro atoms. The monoisotopic (exact) mass is 626 g/mol. The maximum Gasteiger partial charge on any atom is 0.416 e. The van der Waals surface area contributed by atoms with Gasteiger partial charge >= 0.3 is 11.9 Å². The molecule has 4 heterocycles. The number of aromatic nitrogens is 7.